The van der Waals surface area contributed by atoms with Crippen molar-refractivity contribution in [3.05, 3.63) is 88.5 Å². The Labute approximate surface area is 276 Å². The van der Waals surface area contributed by atoms with Crippen LogP contribution in [-0.4, -0.2) is 54.7 Å². The predicted molar refractivity (Wildman–Crippen MR) is 181 cm³/mol. The van der Waals surface area contributed by atoms with Crippen LogP contribution >= 0.6 is 0 Å². The Balaban J connectivity index is 1.27. The van der Waals surface area contributed by atoms with Crippen molar-refractivity contribution in [2.24, 2.45) is 5.92 Å². The van der Waals surface area contributed by atoms with Crippen molar-refractivity contribution in [3.63, 3.8) is 0 Å². The molecule has 1 aliphatic heterocycles. The highest BCUT2D eigenvalue weighted by molar-refractivity contribution is 7.89. The second-order valence-corrected chi connectivity index (χ2v) is 15.0. The number of benzene rings is 2. The van der Waals surface area contributed by atoms with Crippen molar-refractivity contribution in [1.29, 1.82) is 0 Å². The minimum absolute atomic E-state index is 0.0538. The molecule has 4 aromatic rings. The number of amides is 2. The van der Waals surface area contributed by atoms with Crippen molar-refractivity contribution in [2.75, 3.05) is 30.8 Å². The first-order valence-electron chi connectivity index (χ1n) is 15.7. The van der Waals surface area contributed by atoms with Crippen LogP contribution in [0, 0.1) is 26.7 Å². The van der Waals surface area contributed by atoms with E-state index in [1.165, 1.54) is 11.4 Å². The van der Waals surface area contributed by atoms with Crippen molar-refractivity contribution >= 4 is 33.5 Å². The van der Waals surface area contributed by atoms with Gasteiger partial charge < -0.3 is 14.5 Å². The molecular formula is C35H43N5O6S. The molecule has 0 radical (unpaired) electrons. The zero-order valence-corrected chi connectivity index (χ0v) is 28.8. The Bertz CT molecular complexity index is 1880. The van der Waals surface area contributed by atoms with Crippen LogP contribution in [0.1, 0.15) is 72.3 Å². The number of esters is 1. The number of carbonyl (C=O) groups is 2. The van der Waals surface area contributed by atoms with Crippen molar-refractivity contribution < 1.29 is 27.2 Å². The number of furan rings is 1. The van der Waals surface area contributed by atoms with Crippen molar-refractivity contribution in [2.45, 2.75) is 71.1 Å². The number of nitrogens with zero attached hydrogens (tertiary/aromatic N) is 3. The van der Waals surface area contributed by atoms with Gasteiger partial charge in [0.1, 0.15) is 27.8 Å². The Morgan fingerprint density at radius 3 is 2.28 bits per heavy atom. The summed E-state index contributed by atoms with van der Waals surface area (Å²) in [6, 6.07) is 17.1. The number of nitrogens with one attached hydrogen (secondary N) is 2. The average molecular weight is 662 g/mol. The lowest BCUT2D eigenvalue weighted by molar-refractivity contribution is 0.0594. The Morgan fingerprint density at radius 1 is 0.979 bits per heavy atom. The number of carbonyl (C=O) groups excluding carboxylic acids is 2. The van der Waals surface area contributed by atoms with Gasteiger partial charge in [0.05, 0.1) is 18.5 Å². The van der Waals surface area contributed by atoms with E-state index in [0.29, 0.717) is 43.9 Å². The molecule has 1 saturated heterocycles. The highest BCUT2D eigenvalue weighted by atomic mass is 32.2. The molecule has 0 spiro atoms. The smallest absolute Gasteiger partial charge is 0.342 e. The van der Waals surface area contributed by atoms with E-state index < -0.39 is 16.0 Å². The standard InChI is InChI=1S/C35H43N5O6S/c1-22-12-14-27(15-13-22)40-30(21-29(38-40)35(4,5)6)37-34(42)36-28-11-9-8-10-26(28)20-25-16-18-39(19-17-25)47(43,44)32-24(3)46-23(2)31(32)33(41)45-7/h8-15,21,25H,16-20H2,1-7H3,(H2,36,37,42). The maximum atomic E-state index is 13.6. The molecule has 1 aliphatic rings. The minimum atomic E-state index is -3.97. The fourth-order valence-corrected chi connectivity index (χ4v) is 7.76. The lowest BCUT2D eigenvalue weighted by atomic mass is 9.90. The minimum Gasteiger partial charge on any atom is -0.465 e. The van der Waals surface area contributed by atoms with Gasteiger partial charge in [-0.05, 0) is 69.7 Å². The fraction of sp³-hybridized carbons (Fsp3) is 0.400. The van der Waals surface area contributed by atoms with Gasteiger partial charge in [0.2, 0.25) is 10.0 Å². The van der Waals surface area contributed by atoms with Crippen LogP contribution in [0.25, 0.3) is 5.69 Å². The summed E-state index contributed by atoms with van der Waals surface area (Å²) < 4.78 is 40.8. The highest BCUT2D eigenvalue weighted by Gasteiger charge is 2.37. The molecule has 2 N–H and O–H groups in total. The molecule has 3 heterocycles. The first kappa shape index (κ1) is 33.9. The molecule has 11 nitrogen and oxygen atoms in total. The van der Waals surface area contributed by atoms with Gasteiger partial charge in [-0.2, -0.15) is 9.40 Å². The first-order chi connectivity index (χ1) is 22.2. The second-order valence-electron chi connectivity index (χ2n) is 13.1. The number of piperidine rings is 1. The van der Waals surface area contributed by atoms with Crippen LogP contribution in [0.15, 0.2) is 63.9 Å². The van der Waals surface area contributed by atoms with Crippen LogP contribution < -0.4 is 10.6 Å². The number of para-hydroxylation sites is 1. The Morgan fingerprint density at radius 2 is 1.64 bits per heavy atom. The van der Waals surface area contributed by atoms with Crippen LogP contribution in [0.5, 0.6) is 0 Å². The molecule has 12 heteroatoms. The maximum Gasteiger partial charge on any atom is 0.342 e. The number of hydrogen-bond donors (Lipinski definition) is 2. The molecular weight excluding hydrogens is 618 g/mol. The number of aryl methyl sites for hydroxylation is 3. The molecule has 0 aliphatic carbocycles. The molecule has 5 rings (SSSR count). The zero-order valence-electron chi connectivity index (χ0n) is 28.0. The summed E-state index contributed by atoms with van der Waals surface area (Å²) in [5.41, 5.74) is 4.19. The van der Waals surface area contributed by atoms with E-state index in [1.807, 2.05) is 61.5 Å². The van der Waals surface area contributed by atoms with Crippen molar-refractivity contribution in [3.8, 4) is 5.69 Å². The van der Waals surface area contributed by atoms with Gasteiger partial charge in [0.25, 0.3) is 0 Å². The number of methoxy groups -OCH3 is 1. The summed E-state index contributed by atoms with van der Waals surface area (Å²) in [6.07, 6.45) is 1.90. The van der Waals surface area contributed by atoms with Gasteiger partial charge in [0, 0.05) is 30.3 Å². The molecule has 0 bridgehead atoms. The van der Waals surface area contributed by atoms with E-state index in [4.69, 9.17) is 14.3 Å². The average Bonchev–Trinajstić information content (AvgIpc) is 3.58. The molecule has 0 atom stereocenters. The maximum absolute atomic E-state index is 13.6. The third-order valence-corrected chi connectivity index (χ3v) is 10.6. The van der Waals surface area contributed by atoms with Crippen molar-refractivity contribution in [1.82, 2.24) is 14.1 Å². The normalized spacial score (nSPS) is 14.6. The molecule has 47 heavy (non-hydrogen) atoms. The number of aromatic nitrogens is 2. The summed E-state index contributed by atoms with van der Waals surface area (Å²) in [5, 5.41) is 10.8. The number of sulfonamides is 1. The van der Waals surface area contributed by atoms with Crippen LogP contribution in [0.3, 0.4) is 0 Å². The molecule has 2 amide bonds. The first-order valence-corrected chi connectivity index (χ1v) is 17.1. The number of urea groups is 1. The summed E-state index contributed by atoms with van der Waals surface area (Å²) in [5.74, 6) is 0.387. The van der Waals surface area contributed by atoms with E-state index >= 15 is 0 Å². The Kier molecular flexibility index (Phi) is 9.65. The van der Waals surface area contributed by atoms with E-state index in [2.05, 4.69) is 31.4 Å². The van der Waals surface area contributed by atoms with Gasteiger partial charge >= 0.3 is 12.0 Å². The number of rotatable bonds is 8. The van der Waals surface area contributed by atoms with Gasteiger partial charge in [-0.1, -0.05) is 56.7 Å². The lowest BCUT2D eigenvalue weighted by Gasteiger charge is -2.31. The van der Waals surface area contributed by atoms with Gasteiger partial charge in [-0.3, -0.25) is 5.32 Å². The van der Waals surface area contributed by atoms with E-state index in [1.54, 1.807) is 18.5 Å². The largest absolute Gasteiger partial charge is 0.465 e. The fourth-order valence-electron chi connectivity index (χ4n) is 5.92. The summed E-state index contributed by atoms with van der Waals surface area (Å²) in [4.78, 5) is 25.6. The van der Waals surface area contributed by atoms with Crippen LogP contribution in [0.2, 0.25) is 0 Å². The Hall–Kier alpha value is -4.42. The number of hydrogen-bond acceptors (Lipinski definition) is 7. The van der Waals surface area contributed by atoms with Crippen LogP contribution in [0.4, 0.5) is 16.3 Å². The highest BCUT2D eigenvalue weighted by Crippen LogP contribution is 2.34. The second kappa shape index (κ2) is 13.4. The van der Waals surface area contributed by atoms with Gasteiger partial charge in [-0.25, -0.2) is 22.7 Å². The third kappa shape index (κ3) is 7.28. The molecule has 0 unspecified atom stereocenters. The number of anilines is 2. The van der Waals surface area contributed by atoms with E-state index in [9.17, 15) is 18.0 Å². The zero-order chi connectivity index (χ0) is 34.1. The summed E-state index contributed by atoms with van der Waals surface area (Å²) in [7, 11) is -2.76. The van der Waals surface area contributed by atoms with E-state index in [0.717, 1.165) is 22.5 Å². The molecule has 2 aromatic carbocycles. The van der Waals surface area contributed by atoms with Crippen LogP contribution in [-0.2, 0) is 26.6 Å². The molecule has 2 aromatic heterocycles. The lowest BCUT2D eigenvalue weighted by Crippen LogP contribution is -2.39. The molecule has 1 fully saturated rings. The monoisotopic (exact) mass is 661 g/mol. The summed E-state index contributed by atoms with van der Waals surface area (Å²) >= 11 is 0. The summed E-state index contributed by atoms with van der Waals surface area (Å²) in [6.45, 7) is 11.9. The predicted octanol–water partition coefficient (Wildman–Crippen LogP) is 6.76. The molecule has 0 saturated carbocycles. The SMILES string of the molecule is COC(=O)c1c(C)oc(C)c1S(=O)(=O)N1CCC(Cc2ccccc2NC(=O)Nc2cc(C(C)(C)C)nn2-c2ccc(C)cc2)CC1. The van der Waals surface area contributed by atoms with Gasteiger partial charge in [0.15, 0.2) is 0 Å². The third-order valence-electron chi connectivity index (χ3n) is 8.54. The van der Waals surface area contributed by atoms with E-state index in [-0.39, 0.29) is 39.3 Å². The number of ether oxygens (including phenoxy) is 1. The molecule has 250 valence electrons. The topological polar surface area (TPSA) is 136 Å². The quantitative estimate of drug-likeness (QED) is 0.199. The van der Waals surface area contributed by atoms with Gasteiger partial charge in [-0.15, -0.1) is 0 Å².